The summed E-state index contributed by atoms with van der Waals surface area (Å²) in [6.45, 7) is 0.984. The van der Waals surface area contributed by atoms with Crippen LogP contribution < -0.4 is 0 Å². The topological polar surface area (TPSA) is 31.2 Å². The number of unbranched alkanes of at least 4 members (excludes halogenated alkanes) is 2. The fourth-order valence-electron chi connectivity index (χ4n) is 4.45. The van der Waals surface area contributed by atoms with Crippen LogP contribution in [0.3, 0.4) is 0 Å². The van der Waals surface area contributed by atoms with Gasteiger partial charge in [-0.15, -0.1) is 0 Å². The van der Waals surface area contributed by atoms with Crippen LogP contribution in [0.4, 0.5) is 0 Å². The Balaban J connectivity index is 1.26. The van der Waals surface area contributed by atoms with Gasteiger partial charge >= 0.3 is 5.97 Å². The number of hydrogen-bond donors (Lipinski definition) is 0. The molecule has 1 heterocycles. The van der Waals surface area contributed by atoms with Gasteiger partial charge < -0.3 is 9.30 Å². The molecule has 0 saturated carbocycles. The number of ether oxygens (including phenoxy) is 1. The first-order valence-electron chi connectivity index (χ1n) is 11.1. The fourth-order valence-corrected chi connectivity index (χ4v) is 4.45. The molecule has 3 nitrogen and oxygen atoms in total. The molecule has 0 aliphatic heterocycles. The number of aryl methyl sites for hydroxylation is 1. The molecule has 3 aromatic rings. The minimum absolute atomic E-state index is 0.0172. The van der Waals surface area contributed by atoms with Crippen LogP contribution in [0.5, 0.6) is 0 Å². The van der Waals surface area contributed by atoms with Gasteiger partial charge in [-0.05, 0) is 57.1 Å². The highest BCUT2D eigenvalue weighted by Gasteiger charge is 2.14. The maximum absolute atomic E-state index is 12.2. The average molecular weight is 390 g/mol. The highest BCUT2D eigenvalue weighted by atomic mass is 16.5. The highest BCUT2D eigenvalue weighted by Crippen LogP contribution is 2.29. The van der Waals surface area contributed by atoms with Crippen LogP contribution >= 0.6 is 0 Å². The molecular formula is C26H31NO2. The third-order valence-corrected chi connectivity index (χ3v) is 5.96. The summed E-state index contributed by atoms with van der Waals surface area (Å²) in [4.78, 5) is 12.2. The van der Waals surface area contributed by atoms with E-state index in [0.29, 0.717) is 6.42 Å². The van der Waals surface area contributed by atoms with Gasteiger partial charge in [0.25, 0.3) is 0 Å². The minimum Gasteiger partial charge on any atom is -0.462 e. The molecule has 2 aromatic carbocycles. The van der Waals surface area contributed by atoms with Gasteiger partial charge in [0.15, 0.2) is 0 Å². The zero-order chi connectivity index (χ0) is 19.9. The molecule has 29 heavy (non-hydrogen) atoms. The van der Waals surface area contributed by atoms with Gasteiger partial charge in [0, 0.05) is 34.8 Å². The third kappa shape index (κ3) is 4.90. The Kier molecular flexibility index (Phi) is 6.66. The maximum atomic E-state index is 12.2. The van der Waals surface area contributed by atoms with Gasteiger partial charge in [-0.2, -0.15) is 0 Å². The van der Waals surface area contributed by atoms with Crippen molar-refractivity contribution in [1.29, 1.82) is 0 Å². The molecule has 0 amide bonds. The Bertz CT molecular complexity index is 931. The predicted molar refractivity (Wildman–Crippen MR) is 120 cm³/mol. The molecule has 0 radical (unpaired) electrons. The predicted octanol–water partition coefficient (Wildman–Crippen LogP) is 6.79. The second-order valence-electron chi connectivity index (χ2n) is 8.09. The van der Waals surface area contributed by atoms with E-state index >= 15 is 0 Å². The molecule has 152 valence electrons. The first kappa shape index (κ1) is 19.8. The van der Waals surface area contributed by atoms with Crippen molar-refractivity contribution in [3.63, 3.8) is 0 Å². The summed E-state index contributed by atoms with van der Waals surface area (Å²) in [5.41, 5.74) is 2.60. The lowest BCUT2D eigenvalue weighted by atomic mass is 10.0. The van der Waals surface area contributed by atoms with E-state index in [-0.39, 0.29) is 12.1 Å². The monoisotopic (exact) mass is 389 g/mol. The molecule has 0 N–H and O–H groups in total. The number of benzene rings is 2. The first-order chi connectivity index (χ1) is 14.3. The molecule has 1 aliphatic carbocycles. The van der Waals surface area contributed by atoms with Crippen molar-refractivity contribution in [2.75, 3.05) is 0 Å². The van der Waals surface area contributed by atoms with E-state index in [4.69, 9.17) is 4.74 Å². The van der Waals surface area contributed by atoms with Crippen LogP contribution in [-0.2, 0) is 16.1 Å². The second kappa shape index (κ2) is 9.78. The van der Waals surface area contributed by atoms with E-state index in [2.05, 4.69) is 65.3 Å². The summed E-state index contributed by atoms with van der Waals surface area (Å²) in [5.74, 6) is -0.0172. The smallest absolute Gasteiger partial charge is 0.306 e. The summed E-state index contributed by atoms with van der Waals surface area (Å²) in [6.07, 6.45) is 13.4. The van der Waals surface area contributed by atoms with Crippen molar-refractivity contribution in [3.05, 3.63) is 60.7 Å². The number of hydrogen-bond acceptors (Lipinski definition) is 2. The van der Waals surface area contributed by atoms with Gasteiger partial charge in [-0.3, -0.25) is 4.79 Å². The van der Waals surface area contributed by atoms with E-state index in [9.17, 15) is 4.79 Å². The number of para-hydroxylation sites is 2. The molecule has 0 fully saturated rings. The number of carbonyl (C=O) groups excluding carboxylic acids is 1. The Hall–Kier alpha value is -2.55. The number of rotatable bonds is 7. The number of nitrogens with zero attached hydrogens (tertiary/aromatic N) is 1. The average Bonchev–Trinajstić information content (AvgIpc) is 3.04. The molecular weight excluding hydrogens is 358 g/mol. The van der Waals surface area contributed by atoms with Crippen LogP contribution in [0.1, 0.15) is 57.8 Å². The minimum atomic E-state index is -0.0172. The summed E-state index contributed by atoms with van der Waals surface area (Å²) >= 11 is 0. The third-order valence-electron chi connectivity index (χ3n) is 5.96. The van der Waals surface area contributed by atoms with Gasteiger partial charge in [0.2, 0.25) is 0 Å². The summed E-state index contributed by atoms with van der Waals surface area (Å²) < 4.78 is 8.14. The Morgan fingerprint density at radius 2 is 1.55 bits per heavy atom. The van der Waals surface area contributed by atoms with Gasteiger partial charge in [-0.25, -0.2) is 0 Å². The van der Waals surface area contributed by atoms with Crippen LogP contribution in [-0.4, -0.2) is 16.6 Å². The van der Waals surface area contributed by atoms with E-state index in [1.807, 2.05) is 0 Å². The van der Waals surface area contributed by atoms with Crippen LogP contribution in [0.2, 0.25) is 0 Å². The van der Waals surface area contributed by atoms with Crippen molar-refractivity contribution in [2.45, 2.75) is 70.4 Å². The number of aromatic nitrogens is 1. The quantitative estimate of drug-likeness (QED) is 0.253. The molecule has 1 aliphatic rings. The number of carbonyl (C=O) groups is 1. The van der Waals surface area contributed by atoms with Gasteiger partial charge in [-0.1, -0.05) is 55.0 Å². The standard InChI is InChI=1S/C26H31NO2/c28-26(29-21-13-5-2-1-3-6-14-21)19-7-4-12-20-27-24-17-10-8-15-22(24)23-16-9-11-18-25(23)27/h1-2,8-11,15-18,21H,3-7,12-14,19-20H2/b2-1-. The lowest BCUT2D eigenvalue weighted by Crippen LogP contribution is -2.18. The zero-order valence-corrected chi connectivity index (χ0v) is 17.2. The molecule has 3 heteroatoms. The zero-order valence-electron chi connectivity index (χ0n) is 17.2. The molecule has 0 spiro atoms. The van der Waals surface area contributed by atoms with Crippen LogP contribution in [0.25, 0.3) is 21.8 Å². The van der Waals surface area contributed by atoms with Gasteiger partial charge in [0.05, 0.1) is 0 Å². The Morgan fingerprint density at radius 1 is 0.862 bits per heavy atom. The van der Waals surface area contributed by atoms with Crippen LogP contribution in [0.15, 0.2) is 60.7 Å². The van der Waals surface area contributed by atoms with Gasteiger partial charge in [0.1, 0.15) is 6.10 Å². The highest BCUT2D eigenvalue weighted by molar-refractivity contribution is 6.07. The Labute approximate surface area is 173 Å². The number of fused-ring (bicyclic) bond motifs is 3. The Morgan fingerprint density at radius 3 is 2.31 bits per heavy atom. The lowest BCUT2D eigenvalue weighted by molar-refractivity contribution is -0.149. The summed E-state index contributed by atoms with van der Waals surface area (Å²) in [7, 11) is 0. The summed E-state index contributed by atoms with van der Waals surface area (Å²) in [5, 5.41) is 2.64. The molecule has 1 atom stereocenters. The molecule has 4 rings (SSSR count). The van der Waals surface area contributed by atoms with E-state index < -0.39 is 0 Å². The van der Waals surface area contributed by atoms with E-state index in [0.717, 1.165) is 57.9 Å². The largest absolute Gasteiger partial charge is 0.462 e. The molecule has 1 unspecified atom stereocenters. The fraction of sp³-hybridized carbons (Fsp3) is 0.423. The first-order valence-corrected chi connectivity index (χ1v) is 11.1. The molecule has 0 bridgehead atoms. The summed E-state index contributed by atoms with van der Waals surface area (Å²) in [6, 6.07) is 17.3. The number of allylic oxidation sites excluding steroid dienone is 2. The molecule has 0 saturated heterocycles. The van der Waals surface area contributed by atoms with E-state index in [1.165, 1.54) is 21.8 Å². The molecule has 1 aromatic heterocycles. The SMILES string of the molecule is O=C(CCCCCn1c2ccccc2c2ccccc21)OC1CC/C=C\CCC1. The van der Waals surface area contributed by atoms with Crippen molar-refractivity contribution in [1.82, 2.24) is 4.57 Å². The van der Waals surface area contributed by atoms with Crippen molar-refractivity contribution < 1.29 is 9.53 Å². The number of esters is 1. The maximum Gasteiger partial charge on any atom is 0.306 e. The normalized spacial score (nSPS) is 18.4. The van der Waals surface area contributed by atoms with E-state index in [1.54, 1.807) is 0 Å². The second-order valence-corrected chi connectivity index (χ2v) is 8.09. The van der Waals surface area contributed by atoms with Crippen molar-refractivity contribution >= 4 is 27.8 Å². The van der Waals surface area contributed by atoms with Crippen molar-refractivity contribution in [3.8, 4) is 0 Å². The van der Waals surface area contributed by atoms with Crippen LogP contribution in [0, 0.1) is 0 Å². The van der Waals surface area contributed by atoms with Crippen molar-refractivity contribution in [2.24, 2.45) is 0 Å². The lowest BCUT2D eigenvalue weighted by Gasteiger charge is -2.18.